The zero-order valence-electron chi connectivity index (χ0n) is 11.2. The van der Waals surface area contributed by atoms with E-state index in [2.05, 4.69) is 5.32 Å². The molecule has 2 rings (SSSR count). The summed E-state index contributed by atoms with van der Waals surface area (Å²) in [5.74, 6) is -0.831. The molecule has 2 heterocycles. The molecule has 1 aromatic rings. The molecule has 0 atom stereocenters. The molecule has 1 saturated heterocycles. The van der Waals surface area contributed by atoms with Gasteiger partial charge in [0.05, 0.1) is 19.1 Å². The van der Waals surface area contributed by atoms with Gasteiger partial charge in [-0.2, -0.15) is 0 Å². The van der Waals surface area contributed by atoms with Crippen LogP contribution in [0.5, 0.6) is 0 Å². The lowest BCUT2D eigenvalue weighted by atomic mass is 10.3. The fourth-order valence-electron chi connectivity index (χ4n) is 2.21. The van der Waals surface area contributed by atoms with Crippen molar-refractivity contribution in [3.63, 3.8) is 0 Å². The maximum atomic E-state index is 12.0. The maximum absolute atomic E-state index is 12.0. The molecule has 0 aliphatic carbocycles. The van der Waals surface area contributed by atoms with Crippen LogP contribution in [0.2, 0.25) is 0 Å². The summed E-state index contributed by atoms with van der Waals surface area (Å²) in [5, 5.41) is 11.6. The summed E-state index contributed by atoms with van der Waals surface area (Å²) in [7, 11) is 0. The van der Waals surface area contributed by atoms with Gasteiger partial charge >= 0.3 is 12.0 Å². The highest BCUT2D eigenvalue weighted by atomic mass is 16.4. The Bertz CT molecular complexity index is 446. The molecule has 0 aromatic carbocycles. The Morgan fingerprint density at radius 1 is 1.30 bits per heavy atom. The number of nitrogens with one attached hydrogen (secondary N) is 1. The van der Waals surface area contributed by atoms with Crippen LogP contribution in [-0.4, -0.2) is 59.6 Å². The van der Waals surface area contributed by atoms with E-state index >= 15 is 0 Å². The molecule has 20 heavy (non-hydrogen) atoms. The number of rotatable bonds is 4. The Hall–Kier alpha value is -2.02. The molecule has 1 aliphatic rings. The molecule has 110 valence electrons. The summed E-state index contributed by atoms with van der Waals surface area (Å²) < 4.78 is 4.94. The maximum Gasteiger partial charge on any atom is 0.317 e. The zero-order valence-corrected chi connectivity index (χ0v) is 11.2. The Balaban J connectivity index is 1.77. The lowest BCUT2D eigenvalue weighted by Gasteiger charge is -2.21. The standard InChI is InChI=1S/C13H19N3O4/c17-12(18)9-15-3-1-4-16(6-5-15)13(19)14-8-11-2-7-20-10-11/h2,7,10H,1,3-6,8-9H2,(H,14,19)(H,17,18). The molecule has 0 radical (unpaired) electrons. The van der Waals surface area contributed by atoms with E-state index in [1.807, 2.05) is 4.90 Å². The second-order valence-corrected chi connectivity index (χ2v) is 4.80. The van der Waals surface area contributed by atoms with E-state index in [4.69, 9.17) is 9.52 Å². The minimum Gasteiger partial charge on any atom is -0.480 e. The minimum absolute atomic E-state index is 0.0322. The first-order chi connectivity index (χ1) is 9.65. The van der Waals surface area contributed by atoms with Crippen LogP contribution in [0.1, 0.15) is 12.0 Å². The monoisotopic (exact) mass is 281 g/mol. The van der Waals surface area contributed by atoms with Crippen molar-refractivity contribution in [2.45, 2.75) is 13.0 Å². The molecular formula is C13H19N3O4. The van der Waals surface area contributed by atoms with Crippen molar-refractivity contribution >= 4 is 12.0 Å². The van der Waals surface area contributed by atoms with Crippen molar-refractivity contribution < 1.29 is 19.1 Å². The second-order valence-electron chi connectivity index (χ2n) is 4.80. The van der Waals surface area contributed by atoms with Crippen LogP contribution in [0, 0.1) is 0 Å². The van der Waals surface area contributed by atoms with Crippen LogP contribution in [0.4, 0.5) is 4.79 Å². The van der Waals surface area contributed by atoms with Crippen molar-refractivity contribution in [1.29, 1.82) is 0 Å². The van der Waals surface area contributed by atoms with Crippen LogP contribution >= 0.6 is 0 Å². The summed E-state index contributed by atoms with van der Waals surface area (Å²) in [5.41, 5.74) is 0.917. The predicted octanol–water partition coefficient (Wildman–Crippen LogP) is 0.582. The van der Waals surface area contributed by atoms with Gasteiger partial charge in [-0.05, 0) is 12.5 Å². The van der Waals surface area contributed by atoms with E-state index in [1.54, 1.807) is 23.5 Å². The summed E-state index contributed by atoms with van der Waals surface area (Å²) >= 11 is 0. The van der Waals surface area contributed by atoms with Gasteiger partial charge in [-0.3, -0.25) is 9.69 Å². The summed E-state index contributed by atoms with van der Waals surface area (Å²) in [4.78, 5) is 26.3. The minimum atomic E-state index is -0.831. The average molecular weight is 281 g/mol. The molecule has 0 unspecified atom stereocenters. The van der Waals surface area contributed by atoms with Crippen LogP contribution in [0.15, 0.2) is 23.0 Å². The van der Waals surface area contributed by atoms with Gasteiger partial charge < -0.3 is 19.7 Å². The van der Waals surface area contributed by atoms with Crippen LogP contribution in [0.25, 0.3) is 0 Å². The number of hydrogen-bond acceptors (Lipinski definition) is 4. The van der Waals surface area contributed by atoms with Crippen molar-refractivity contribution in [3.05, 3.63) is 24.2 Å². The third-order valence-electron chi connectivity index (χ3n) is 3.26. The van der Waals surface area contributed by atoms with E-state index < -0.39 is 5.97 Å². The van der Waals surface area contributed by atoms with Crippen molar-refractivity contribution in [1.82, 2.24) is 15.1 Å². The van der Waals surface area contributed by atoms with Crippen molar-refractivity contribution in [2.75, 3.05) is 32.7 Å². The van der Waals surface area contributed by atoms with E-state index in [1.165, 1.54) is 0 Å². The smallest absolute Gasteiger partial charge is 0.317 e. The van der Waals surface area contributed by atoms with Crippen LogP contribution in [0.3, 0.4) is 0 Å². The number of furan rings is 1. The van der Waals surface area contributed by atoms with Gasteiger partial charge in [0.2, 0.25) is 0 Å². The Morgan fingerprint density at radius 3 is 2.85 bits per heavy atom. The van der Waals surface area contributed by atoms with Gasteiger partial charge in [-0.15, -0.1) is 0 Å². The van der Waals surface area contributed by atoms with Gasteiger partial charge in [0.15, 0.2) is 0 Å². The summed E-state index contributed by atoms with van der Waals surface area (Å²) in [6.45, 7) is 2.95. The van der Waals surface area contributed by atoms with Crippen molar-refractivity contribution in [3.8, 4) is 0 Å². The number of hydrogen-bond donors (Lipinski definition) is 2. The third-order valence-corrected chi connectivity index (χ3v) is 3.26. The molecule has 1 fully saturated rings. The lowest BCUT2D eigenvalue weighted by molar-refractivity contribution is -0.138. The highest BCUT2D eigenvalue weighted by Gasteiger charge is 2.19. The van der Waals surface area contributed by atoms with Gasteiger partial charge in [-0.1, -0.05) is 0 Å². The van der Waals surface area contributed by atoms with E-state index in [0.29, 0.717) is 32.7 Å². The fourth-order valence-corrected chi connectivity index (χ4v) is 2.21. The summed E-state index contributed by atoms with van der Waals surface area (Å²) in [6, 6.07) is 1.68. The molecular weight excluding hydrogens is 262 g/mol. The Labute approximate surface area is 117 Å². The Kier molecular flexibility index (Phi) is 5.00. The number of amides is 2. The van der Waals surface area contributed by atoms with Gasteiger partial charge in [-0.25, -0.2) is 4.79 Å². The SMILES string of the molecule is O=C(O)CN1CCCN(C(=O)NCc2ccoc2)CC1. The first kappa shape index (κ1) is 14.4. The molecule has 1 aliphatic heterocycles. The normalized spacial score (nSPS) is 16.7. The Morgan fingerprint density at radius 2 is 2.15 bits per heavy atom. The third kappa shape index (κ3) is 4.27. The van der Waals surface area contributed by atoms with E-state index in [9.17, 15) is 9.59 Å². The van der Waals surface area contributed by atoms with Gasteiger partial charge in [0, 0.05) is 38.3 Å². The molecule has 0 saturated carbocycles. The van der Waals surface area contributed by atoms with Gasteiger partial charge in [0.25, 0.3) is 0 Å². The molecule has 7 heteroatoms. The highest BCUT2D eigenvalue weighted by Crippen LogP contribution is 2.04. The quantitative estimate of drug-likeness (QED) is 0.843. The number of carboxylic acid groups (broad SMARTS) is 1. The van der Waals surface area contributed by atoms with Crippen LogP contribution < -0.4 is 5.32 Å². The second kappa shape index (κ2) is 6.95. The largest absolute Gasteiger partial charge is 0.480 e. The van der Waals surface area contributed by atoms with E-state index in [-0.39, 0.29) is 12.6 Å². The summed E-state index contributed by atoms with van der Waals surface area (Å²) in [6.07, 6.45) is 3.95. The number of nitrogens with zero attached hydrogens (tertiary/aromatic N) is 2. The zero-order chi connectivity index (χ0) is 14.4. The number of carbonyl (C=O) groups is 2. The van der Waals surface area contributed by atoms with Crippen LogP contribution in [-0.2, 0) is 11.3 Å². The van der Waals surface area contributed by atoms with E-state index in [0.717, 1.165) is 12.0 Å². The molecule has 0 bridgehead atoms. The molecule has 7 nitrogen and oxygen atoms in total. The highest BCUT2D eigenvalue weighted by molar-refractivity contribution is 5.74. The average Bonchev–Trinajstić information content (AvgIpc) is 2.82. The van der Waals surface area contributed by atoms with Gasteiger partial charge in [0.1, 0.15) is 0 Å². The molecule has 0 spiro atoms. The predicted molar refractivity (Wildman–Crippen MR) is 71.2 cm³/mol. The topological polar surface area (TPSA) is 86.0 Å². The molecule has 1 aromatic heterocycles. The lowest BCUT2D eigenvalue weighted by Crippen LogP contribution is -2.42. The number of urea groups is 1. The number of carbonyl (C=O) groups excluding carboxylic acids is 1. The fraction of sp³-hybridized carbons (Fsp3) is 0.538. The first-order valence-corrected chi connectivity index (χ1v) is 6.63. The molecule has 2 amide bonds. The first-order valence-electron chi connectivity index (χ1n) is 6.63. The molecule has 2 N–H and O–H groups in total. The van der Waals surface area contributed by atoms with Crippen molar-refractivity contribution in [2.24, 2.45) is 0 Å². The number of aliphatic carboxylic acids is 1. The number of carboxylic acids is 1.